The van der Waals surface area contributed by atoms with Crippen molar-refractivity contribution in [3.05, 3.63) is 29.3 Å². The van der Waals surface area contributed by atoms with Crippen LogP contribution in [0.15, 0.2) is 18.2 Å². The van der Waals surface area contributed by atoms with Gasteiger partial charge in [-0.1, -0.05) is 0 Å². The summed E-state index contributed by atoms with van der Waals surface area (Å²) in [5.41, 5.74) is 0.968. The van der Waals surface area contributed by atoms with Gasteiger partial charge >= 0.3 is 0 Å². The summed E-state index contributed by atoms with van der Waals surface area (Å²) in [6, 6.07) is 3.73. The van der Waals surface area contributed by atoms with Crippen molar-refractivity contribution in [2.75, 3.05) is 33.4 Å². The molecule has 2 aliphatic heterocycles. The third-order valence-corrected chi connectivity index (χ3v) is 6.79. The molecule has 3 amide bonds. The third kappa shape index (κ3) is 4.79. The topological polar surface area (TPSA) is 114 Å². The van der Waals surface area contributed by atoms with Crippen molar-refractivity contribution in [3.8, 4) is 5.75 Å². The van der Waals surface area contributed by atoms with Gasteiger partial charge in [-0.3, -0.25) is 19.3 Å². The molecule has 178 valence electrons. The van der Waals surface area contributed by atoms with Crippen LogP contribution in [0.2, 0.25) is 0 Å². The first kappa shape index (κ1) is 23.4. The second-order valence-electron chi connectivity index (χ2n) is 9.12. The summed E-state index contributed by atoms with van der Waals surface area (Å²) in [6.45, 7) is 3.44. The average molecular weight is 458 g/mol. The number of fused-ring (bicyclic) bond motifs is 1. The summed E-state index contributed by atoms with van der Waals surface area (Å²) in [4.78, 5) is 49.7. The number of unbranched alkanes of at least 4 members (excludes halogenated alkanes) is 1. The summed E-state index contributed by atoms with van der Waals surface area (Å²) in [6.07, 6.45) is 5.24. The number of amides is 3. The first-order chi connectivity index (χ1) is 16.0. The van der Waals surface area contributed by atoms with E-state index in [9.17, 15) is 19.2 Å². The van der Waals surface area contributed by atoms with E-state index in [1.54, 1.807) is 18.2 Å². The summed E-state index contributed by atoms with van der Waals surface area (Å²) >= 11 is 0. The van der Waals surface area contributed by atoms with Crippen molar-refractivity contribution in [2.24, 2.45) is 5.41 Å². The van der Waals surface area contributed by atoms with E-state index < -0.39 is 23.8 Å². The fraction of sp³-hybridized carbons (Fsp3) is 0.583. The Bertz CT molecular complexity index is 921. The number of hydrogen-bond donors (Lipinski definition) is 2. The molecule has 2 fully saturated rings. The van der Waals surface area contributed by atoms with Crippen molar-refractivity contribution in [1.29, 1.82) is 0 Å². The molecule has 1 aromatic carbocycles. The maximum absolute atomic E-state index is 12.9. The van der Waals surface area contributed by atoms with Crippen molar-refractivity contribution >= 4 is 24.0 Å². The molecule has 1 atom stereocenters. The van der Waals surface area contributed by atoms with E-state index in [1.165, 1.54) is 7.05 Å². The molecule has 2 N–H and O–H groups in total. The van der Waals surface area contributed by atoms with Crippen LogP contribution in [0.25, 0.3) is 0 Å². The lowest BCUT2D eigenvalue weighted by Crippen LogP contribution is -2.62. The predicted molar refractivity (Wildman–Crippen MR) is 119 cm³/mol. The molecule has 3 aliphatic rings. The molecule has 0 bridgehead atoms. The SMILES string of the molecule is CNC(=O)C(CCC=O)N1C(=O)c2ccc(OCCCCOC3CC4(CNC4)C3)cc2C1=O. The highest BCUT2D eigenvalue weighted by molar-refractivity contribution is 6.23. The third-order valence-electron chi connectivity index (χ3n) is 6.79. The molecular weight excluding hydrogens is 426 g/mol. The van der Waals surface area contributed by atoms with Crippen molar-refractivity contribution in [2.45, 2.75) is 50.7 Å². The van der Waals surface area contributed by atoms with Crippen molar-refractivity contribution in [1.82, 2.24) is 15.5 Å². The molecule has 9 heteroatoms. The predicted octanol–water partition coefficient (Wildman–Crippen LogP) is 1.30. The summed E-state index contributed by atoms with van der Waals surface area (Å²) in [5.74, 6) is -1.06. The number of benzene rings is 1. The Morgan fingerprint density at radius 3 is 2.61 bits per heavy atom. The second kappa shape index (κ2) is 10.0. The Hall–Kier alpha value is -2.78. The van der Waals surface area contributed by atoms with Crippen LogP contribution in [-0.2, 0) is 14.3 Å². The largest absolute Gasteiger partial charge is 0.494 e. The number of likely N-dealkylation sites (N-methyl/N-ethyl adjacent to an activating group) is 1. The molecule has 1 unspecified atom stereocenters. The van der Waals surface area contributed by atoms with Gasteiger partial charge in [0.05, 0.1) is 23.8 Å². The maximum Gasteiger partial charge on any atom is 0.262 e. The average Bonchev–Trinajstić information content (AvgIpc) is 3.00. The minimum Gasteiger partial charge on any atom is -0.494 e. The molecule has 2 heterocycles. The highest BCUT2D eigenvalue weighted by atomic mass is 16.5. The van der Waals surface area contributed by atoms with E-state index in [4.69, 9.17) is 9.47 Å². The fourth-order valence-electron chi connectivity index (χ4n) is 4.82. The van der Waals surface area contributed by atoms with Crippen LogP contribution in [0.1, 0.15) is 59.2 Å². The number of nitrogens with one attached hydrogen (secondary N) is 2. The van der Waals surface area contributed by atoms with Crippen molar-refractivity contribution < 1.29 is 28.7 Å². The van der Waals surface area contributed by atoms with Crippen molar-refractivity contribution in [3.63, 3.8) is 0 Å². The molecule has 0 aromatic heterocycles. The van der Waals surface area contributed by atoms with E-state index in [0.29, 0.717) is 36.8 Å². The van der Waals surface area contributed by atoms with E-state index in [1.807, 2.05) is 0 Å². The van der Waals surface area contributed by atoms with Crippen LogP contribution in [0.5, 0.6) is 5.75 Å². The minimum atomic E-state index is -1.02. The molecule has 1 aromatic rings. The number of imide groups is 1. The molecule has 33 heavy (non-hydrogen) atoms. The Kier molecular flexibility index (Phi) is 7.09. The zero-order valence-electron chi connectivity index (χ0n) is 18.9. The van der Waals surface area contributed by atoms with E-state index >= 15 is 0 Å². The van der Waals surface area contributed by atoms with Crippen LogP contribution in [0.3, 0.4) is 0 Å². The molecule has 1 spiro atoms. The van der Waals surface area contributed by atoms with Crippen LogP contribution < -0.4 is 15.4 Å². The smallest absolute Gasteiger partial charge is 0.262 e. The number of rotatable bonds is 12. The Morgan fingerprint density at radius 1 is 1.21 bits per heavy atom. The number of carbonyl (C=O) groups is 4. The quantitative estimate of drug-likeness (QED) is 0.276. The Balaban J connectivity index is 1.25. The highest BCUT2D eigenvalue weighted by Crippen LogP contribution is 2.45. The van der Waals surface area contributed by atoms with E-state index in [-0.39, 0.29) is 24.0 Å². The lowest BCUT2D eigenvalue weighted by atomic mass is 9.63. The summed E-state index contributed by atoms with van der Waals surface area (Å²) in [7, 11) is 1.43. The van der Waals surface area contributed by atoms with Gasteiger partial charge in [0, 0.05) is 38.6 Å². The lowest BCUT2D eigenvalue weighted by molar-refractivity contribution is -0.124. The number of aldehydes is 1. The molecule has 1 aliphatic carbocycles. The zero-order chi connectivity index (χ0) is 23.4. The number of ether oxygens (including phenoxy) is 2. The molecular formula is C24H31N3O6. The number of hydrogen-bond acceptors (Lipinski definition) is 7. The van der Waals surface area contributed by atoms with Crippen LogP contribution in [-0.4, -0.2) is 74.4 Å². The van der Waals surface area contributed by atoms with Gasteiger partial charge < -0.3 is 24.9 Å². The van der Waals surface area contributed by atoms with Gasteiger partial charge in [0.15, 0.2) is 0 Å². The highest BCUT2D eigenvalue weighted by Gasteiger charge is 2.48. The van der Waals surface area contributed by atoms with Gasteiger partial charge in [0.25, 0.3) is 11.8 Å². The maximum atomic E-state index is 12.9. The minimum absolute atomic E-state index is 0.0718. The zero-order valence-corrected chi connectivity index (χ0v) is 18.9. The van der Waals surface area contributed by atoms with E-state index in [0.717, 1.165) is 43.7 Å². The van der Waals surface area contributed by atoms with Gasteiger partial charge in [-0.2, -0.15) is 0 Å². The van der Waals surface area contributed by atoms with E-state index in [2.05, 4.69) is 10.6 Å². The standard InChI is InChI=1S/C24H31N3O6/c1-25-21(29)20(5-4-8-28)27-22(30)18-7-6-16(11-19(18)23(27)31)32-9-2-3-10-33-17-12-24(13-17)14-26-15-24/h6-8,11,17,20,26H,2-5,9-10,12-15H2,1H3,(H,25,29). The Labute approximate surface area is 193 Å². The first-order valence-electron chi connectivity index (χ1n) is 11.6. The van der Waals surface area contributed by atoms with Crippen LogP contribution >= 0.6 is 0 Å². The number of nitrogens with zero attached hydrogens (tertiary/aromatic N) is 1. The van der Waals surface area contributed by atoms with Gasteiger partial charge in [0.2, 0.25) is 5.91 Å². The fourth-order valence-corrected chi connectivity index (χ4v) is 4.82. The second-order valence-corrected chi connectivity index (χ2v) is 9.12. The lowest BCUT2D eigenvalue weighted by Gasteiger charge is -2.54. The van der Waals surface area contributed by atoms with Gasteiger partial charge in [0.1, 0.15) is 18.1 Å². The van der Waals surface area contributed by atoms with Gasteiger partial charge in [-0.25, -0.2) is 0 Å². The summed E-state index contributed by atoms with van der Waals surface area (Å²) in [5, 5.41) is 5.78. The monoisotopic (exact) mass is 457 g/mol. The molecule has 9 nitrogen and oxygen atoms in total. The van der Waals surface area contributed by atoms with Gasteiger partial charge in [-0.05, 0) is 50.3 Å². The molecule has 1 saturated carbocycles. The molecule has 1 saturated heterocycles. The Morgan fingerprint density at radius 2 is 1.94 bits per heavy atom. The first-order valence-corrected chi connectivity index (χ1v) is 11.6. The molecule has 0 radical (unpaired) electrons. The number of carbonyl (C=O) groups excluding carboxylic acids is 4. The normalized spacial score (nSPS) is 19.6. The van der Waals surface area contributed by atoms with Crippen LogP contribution in [0.4, 0.5) is 0 Å². The van der Waals surface area contributed by atoms with Gasteiger partial charge in [-0.15, -0.1) is 0 Å². The summed E-state index contributed by atoms with van der Waals surface area (Å²) < 4.78 is 11.7. The van der Waals surface area contributed by atoms with Crippen LogP contribution in [0, 0.1) is 5.41 Å². The molecule has 4 rings (SSSR count).